The van der Waals surface area contributed by atoms with Crippen LogP contribution in [-0.2, 0) is 16.0 Å². The Labute approximate surface area is 250 Å². The summed E-state index contributed by atoms with van der Waals surface area (Å²) in [7, 11) is 0. The van der Waals surface area contributed by atoms with Crippen molar-refractivity contribution in [2.24, 2.45) is 0 Å². The molecule has 2 heterocycles. The minimum Gasteiger partial charge on any atom is -0.490 e. The number of aromatic nitrogens is 1. The first-order valence-corrected chi connectivity index (χ1v) is 15.3. The number of thiocarbonyl (C=S) groups is 1. The van der Waals surface area contributed by atoms with Crippen LogP contribution in [0.1, 0.15) is 48.1 Å². The van der Waals surface area contributed by atoms with E-state index in [1.807, 2.05) is 36.4 Å². The third kappa shape index (κ3) is 7.41. The van der Waals surface area contributed by atoms with Crippen molar-refractivity contribution in [1.82, 2.24) is 9.88 Å². The van der Waals surface area contributed by atoms with E-state index in [9.17, 15) is 9.59 Å². The molecule has 0 bridgehead atoms. The van der Waals surface area contributed by atoms with Gasteiger partial charge in [0.15, 0.2) is 5.13 Å². The van der Waals surface area contributed by atoms with E-state index >= 15 is 0 Å². The van der Waals surface area contributed by atoms with Gasteiger partial charge in [0.2, 0.25) is 5.91 Å². The van der Waals surface area contributed by atoms with E-state index < -0.39 is 0 Å². The number of carbonyl (C=O) groups is 2. The van der Waals surface area contributed by atoms with Crippen LogP contribution in [0.4, 0.5) is 5.13 Å². The van der Waals surface area contributed by atoms with Gasteiger partial charge in [0.25, 0.3) is 5.91 Å². The molecule has 2 fully saturated rings. The summed E-state index contributed by atoms with van der Waals surface area (Å²) in [4.78, 5) is 32.7. The van der Waals surface area contributed by atoms with Crippen LogP contribution < -0.4 is 10.1 Å². The minimum atomic E-state index is -0.368. The molecule has 1 aliphatic heterocycles. The molecule has 2 amide bonds. The van der Waals surface area contributed by atoms with Crippen LogP contribution in [0.15, 0.2) is 53.6 Å². The first kappa shape index (κ1) is 28.1. The van der Waals surface area contributed by atoms with Gasteiger partial charge in [0, 0.05) is 17.5 Å². The molecule has 0 atom stereocenters. The van der Waals surface area contributed by atoms with Gasteiger partial charge in [0.05, 0.1) is 21.1 Å². The topological polar surface area (TPSA) is 71.5 Å². The second kappa shape index (κ2) is 12.8. The van der Waals surface area contributed by atoms with Crippen LogP contribution in [0.2, 0.25) is 10.0 Å². The predicted molar refractivity (Wildman–Crippen MR) is 164 cm³/mol. The van der Waals surface area contributed by atoms with Crippen molar-refractivity contribution in [1.29, 1.82) is 0 Å². The quantitative estimate of drug-likeness (QED) is 0.207. The third-order valence-corrected chi connectivity index (χ3v) is 9.40. The first-order valence-electron chi connectivity index (χ1n) is 12.5. The van der Waals surface area contributed by atoms with E-state index in [-0.39, 0.29) is 24.5 Å². The van der Waals surface area contributed by atoms with Crippen molar-refractivity contribution < 1.29 is 14.3 Å². The number of carbonyl (C=O) groups excluding carboxylic acids is 2. The second-order valence-corrected chi connectivity index (χ2v) is 12.9. The average molecular weight is 619 g/mol. The molecule has 3 aromatic rings. The Morgan fingerprint density at radius 2 is 1.90 bits per heavy atom. The van der Waals surface area contributed by atoms with Crippen molar-refractivity contribution in [2.75, 3.05) is 11.9 Å². The number of ether oxygens (including phenoxy) is 1. The van der Waals surface area contributed by atoms with Crippen LogP contribution >= 0.6 is 58.5 Å². The number of nitrogens with one attached hydrogen (secondary N) is 1. The van der Waals surface area contributed by atoms with Crippen LogP contribution in [0.25, 0.3) is 6.08 Å². The molecule has 1 aromatic heterocycles. The molecule has 5 rings (SSSR count). The Morgan fingerprint density at radius 1 is 1.13 bits per heavy atom. The number of hydrogen-bond donors (Lipinski definition) is 1. The standard InChI is InChI=1S/C28H25Cl2N3O3S3/c29-22-11-8-18(13-23(22)30)12-21-15-31-27(38-21)32-25(34)16-33-26(35)24(39-28(33)37)14-17-6-9-20(10-7-17)36-19-4-2-1-3-5-19/h6-11,13-15,19H,1-5,12,16H2,(H,31,32,34)/b24-14-. The molecule has 1 saturated carbocycles. The minimum absolute atomic E-state index is 0.183. The van der Waals surface area contributed by atoms with E-state index in [4.69, 9.17) is 40.2 Å². The van der Waals surface area contributed by atoms with Crippen molar-refractivity contribution in [3.8, 4) is 5.75 Å². The van der Waals surface area contributed by atoms with Gasteiger partial charge in [0.1, 0.15) is 16.6 Å². The van der Waals surface area contributed by atoms with Crippen LogP contribution in [0, 0.1) is 0 Å². The van der Waals surface area contributed by atoms with E-state index in [0.717, 1.165) is 34.6 Å². The first-order chi connectivity index (χ1) is 18.8. The molecule has 1 N–H and O–H groups in total. The molecule has 6 nitrogen and oxygen atoms in total. The summed E-state index contributed by atoms with van der Waals surface area (Å²) < 4.78 is 6.43. The highest BCUT2D eigenvalue weighted by Gasteiger charge is 2.33. The fraction of sp³-hybridized carbons (Fsp3) is 0.286. The van der Waals surface area contributed by atoms with E-state index in [0.29, 0.717) is 30.8 Å². The van der Waals surface area contributed by atoms with Crippen LogP contribution in [-0.4, -0.2) is 38.7 Å². The monoisotopic (exact) mass is 617 g/mol. The Balaban J connectivity index is 1.15. The maximum absolute atomic E-state index is 13.0. The molecular formula is C28H25Cl2N3O3S3. The van der Waals surface area contributed by atoms with Gasteiger partial charge in [-0.2, -0.15) is 0 Å². The molecule has 39 heavy (non-hydrogen) atoms. The van der Waals surface area contributed by atoms with Crippen LogP contribution in [0.5, 0.6) is 5.75 Å². The van der Waals surface area contributed by atoms with Crippen molar-refractivity contribution in [3.05, 3.63) is 79.6 Å². The summed E-state index contributed by atoms with van der Waals surface area (Å²) in [5.74, 6) is 0.180. The Morgan fingerprint density at radius 3 is 2.64 bits per heavy atom. The molecule has 0 unspecified atom stereocenters. The SMILES string of the molecule is O=C(CN1C(=O)/C(=C/c2ccc(OC3CCCCC3)cc2)SC1=S)Nc1ncc(Cc2ccc(Cl)c(Cl)c2)s1. The summed E-state index contributed by atoms with van der Waals surface area (Å²) in [5, 5.41) is 4.21. The van der Waals surface area contributed by atoms with Gasteiger partial charge >= 0.3 is 0 Å². The number of nitrogens with zero attached hydrogens (tertiary/aromatic N) is 2. The zero-order valence-electron chi connectivity index (χ0n) is 20.8. The Bertz CT molecular complexity index is 1420. The van der Waals surface area contributed by atoms with Gasteiger partial charge in [-0.1, -0.05) is 71.8 Å². The van der Waals surface area contributed by atoms with Gasteiger partial charge in [-0.15, -0.1) is 11.3 Å². The van der Waals surface area contributed by atoms with Gasteiger partial charge in [-0.3, -0.25) is 14.5 Å². The lowest BCUT2D eigenvalue weighted by atomic mass is 9.98. The van der Waals surface area contributed by atoms with Crippen molar-refractivity contribution >= 4 is 85.9 Å². The zero-order chi connectivity index (χ0) is 27.4. The molecule has 0 radical (unpaired) electrons. The Kier molecular flexibility index (Phi) is 9.25. The largest absolute Gasteiger partial charge is 0.490 e. The zero-order valence-corrected chi connectivity index (χ0v) is 24.8. The summed E-state index contributed by atoms with van der Waals surface area (Å²) >= 11 is 20.0. The summed E-state index contributed by atoms with van der Waals surface area (Å²) in [6.45, 7) is -0.183. The lowest BCUT2D eigenvalue weighted by molar-refractivity contribution is -0.126. The maximum atomic E-state index is 13.0. The smallest absolute Gasteiger partial charge is 0.266 e. The summed E-state index contributed by atoms with van der Waals surface area (Å²) in [6.07, 6.45) is 10.3. The Hall–Kier alpha value is -2.43. The molecule has 1 aliphatic carbocycles. The number of thioether (sulfide) groups is 1. The van der Waals surface area contributed by atoms with E-state index in [1.165, 1.54) is 47.3 Å². The maximum Gasteiger partial charge on any atom is 0.266 e. The van der Waals surface area contributed by atoms with Crippen molar-refractivity contribution in [2.45, 2.75) is 44.6 Å². The summed E-state index contributed by atoms with van der Waals surface area (Å²) in [6, 6.07) is 13.2. The molecular weight excluding hydrogens is 593 g/mol. The van der Waals surface area contributed by atoms with Crippen molar-refractivity contribution in [3.63, 3.8) is 0 Å². The highest BCUT2D eigenvalue weighted by molar-refractivity contribution is 8.26. The van der Waals surface area contributed by atoms with E-state index in [1.54, 1.807) is 18.3 Å². The molecule has 202 valence electrons. The fourth-order valence-corrected chi connectivity index (χ4v) is 6.84. The molecule has 2 aromatic carbocycles. The molecule has 0 spiro atoms. The molecule has 2 aliphatic rings. The highest BCUT2D eigenvalue weighted by atomic mass is 35.5. The predicted octanol–water partition coefficient (Wildman–Crippen LogP) is 7.59. The number of thiazole rings is 1. The van der Waals surface area contributed by atoms with Gasteiger partial charge in [-0.05, 0) is 67.2 Å². The lowest BCUT2D eigenvalue weighted by Crippen LogP contribution is -2.36. The molecule has 11 heteroatoms. The normalized spacial score (nSPS) is 17.2. The third-order valence-electron chi connectivity index (χ3n) is 6.37. The number of anilines is 1. The highest BCUT2D eigenvalue weighted by Crippen LogP contribution is 2.33. The molecule has 1 saturated heterocycles. The van der Waals surface area contributed by atoms with Gasteiger partial charge in [-0.25, -0.2) is 4.98 Å². The number of rotatable bonds is 8. The van der Waals surface area contributed by atoms with E-state index in [2.05, 4.69) is 10.3 Å². The number of hydrogen-bond acceptors (Lipinski definition) is 7. The second-order valence-electron chi connectivity index (χ2n) is 9.32. The number of benzene rings is 2. The fourth-order valence-electron chi connectivity index (χ4n) is 4.41. The van der Waals surface area contributed by atoms with Gasteiger partial charge < -0.3 is 10.1 Å². The lowest BCUT2D eigenvalue weighted by Gasteiger charge is -2.22. The van der Waals surface area contributed by atoms with Crippen LogP contribution in [0.3, 0.4) is 0 Å². The number of halogens is 2. The number of amides is 2. The average Bonchev–Trinajstić information content (AvgIpc) is 3.46. The summed E-state index contributed by atoms with van der Waals surface area (Å²) in [5.41, 5.74) is 1.86.